The SMILES string of the molecule is CCc1cccc(C)c1NC(=O)CN(C(C)=O)C(C)(C)C. The van der Waals surface area contributed by atoms with Gasteiger partial charge in [0, 0.05) is 18.2 Å². The lowest BCUT2D eigenvalue weighted by atomic mass is 10.0. The lowest BCUT2D eigenvalue weighted by Gasteiger charge is -2.34. The van der Waals surface area contributed by atoms with E-state index in [0.717, 1.165) is 23.2 Å². The molecule has 0 heterocycles. The van der Waals surface area contributed by atoms with Gasteiger partial charge in [-0.2, -0.15) is 0 Å². The number of para-hydroxylation sites is 1. The maximum atomic E-state index is 12.3. The minimum atomic E-state index is -0.373. The fourth-order valence-electron chi connectivity index (χ4n) is 2.35. The van der Waals surface area contributed by atoms with Crippen LogP contribution in [0.4, 0.5) is 5.69 Å². The summed E-state index contributed by atoms with van der Waals surface area (Å²) in [4.78, 5) is 25.6. The molecule has 0 aliphatic carbocycles. The zero-order valence-electron chi connectivity index (χ0n) is 13.9. The molecule has 4 nitrogen and oxygen atoms in total. The second-order valence-corrected chi connectivity index (χ2v) is 6.29. The summed E-state index contributed by atoms with van der Waals surface area (Å²) in [6.07, 6.45) is 0.854. The number of hydrogen-bond acceptors (Lipinski definition) is 2. The molecule has 0 fully saturated rings. The van der Waals surface area contributed by atoms with Gasteiger partial charge in [0.1, 0.15) is 6.54 Å². The van der Waals surface area contributed by atoms with Gasteiger partial charge in [0.25, 0.3) is 0 Å². The van der Waals surface area contributed by atoms with Crippen molar-refractivity contribution < 1.29 is 9.59 Å². The highest BCUT2D eigenvalue weighted by Crippen LogP contribution is 2.21. The molecule has 21 heavy (non-hydrogen) atoms. The summed E-state index contributed by atoms with van der Waals surface area (Å²) in [6.45, 7) is 11.4. The average Bonchev–Trinajstić information content (AvgIpc) is 2.36. The van der Waals surface area contributed by atoms with Crippen LogP contribution in [0.1, 0.15) is 45.7 Å². The largest absolute Gasteiger partial charge is 0.329 e. The predicted octanol–water partition coefficient (Wildman–Crippen LogP) is 3.14. The molecule has 0 aliphatic heterocycles. The second kappa shape index (κ2) is 6.74. The lowest BCUT2D eigenvalue weighted by molar-refractivity contribution is -0.137. The molecular weight excluding hydrogens is 264 g/mol. The molecule has 2 amide bonds. The molecule has 0 saturated carbocycles. The van der Waals surface area contributed by atoms with Crippen molar-refractivity contribution >= 4 is 17.5 Å². The third kappa shape index (κ3) is 4.59. The predicted molar refractivity (Wildman–Crippen MR) is 86.3 cm³/mol. The fraction of sp³-hybridized carbons (Fsp3) is 0.529. The smallest absolute Gasteiger partial charge is 0.244 e. The molecule has 1 N–H and O–H groups in total. The number of rotatable bonds is 4. The van der Waals surface area contributed by atoms with E-state index < -0.39 is 0 Å². The zero-order chi connectivity index (χ0) is 16.2. The topological polar surface area (TPSA) is 49.4 Å². The molecule has 1 rings (SSSR count). The first-order valence-electron chi connectivity index (χ1n) is 7.33. The van der Waals surface area contributed by atoms with Crippen LogP contribution >= 0.6 is 0 Å². The molecule has 0 unspecified atom stereocenters. The summed E-state index contributed by atoms with van der Waals surface area (Å²) >= 11 is 0. The van der Waals surface area contributed by atoms with Gasteiger partial charge >= 0.3 is 0 Å². The molecule has 0 aromatic heterocycles. The van der Waals surface area contributed by atoms with E-state index in [-0.39, 0.29) is 23.9 Å². The van der Waals surface area contributed by atoms with E-state index in [2.05, 4.69) is 12.2 Å². The highest BCUT2D eigenvalue weighted by Gasteiger charge is 2.26. The number of anilines is 1. The van der Waals surface area contributed by atoms with Crippen LogP contribution in [-0.4, -0.2) is 28.8 Å². The number of amides is 2. The van der Waals surface area contributed by atoms with Crippen LogP contribution in [0.2, 0.25) is 0 Å². The minimum Gasteiger partial charge on any atom is -0.329 e. The van der Waals surface area contributed by atoms with Gasteiger partial charge in [0.2, 0.25) is 11.8 Å². The van der Waals surface area contributed by atoms with Crippen LogP contribution in [0.15, 0.2) is 18.2 Å². The summed E-state index contributed by atoms with van der Waals surface area (Å²) in [5.74, 6) is -0.262. The van der Waals surface area contributed by atoms with Crippen LogP contribution < -0.4 is 5.32 Å². The van der Waals surface area contributed by atoms with E-state index in [1.807, 2.05) is 45.9 Å². The Balaban J connectivity index is 2.90. The van der Waals surface area contributed by atoms with Gasteiger partial charge in [-0.1, -0.05) is 25.1 Å². The van der Waals surface area contributed by atoms with Crippen LogP contribution in [0.3, 0.4) is 0 Å². The van der Waals surface area contributed by atoms with Gasteiger partial charge in [-0.3, -0.25) is 9.59 Å². The summed E-state index contributed by atoms with van der Waals surface area (Å²) in [7, 11) is 0. The molecule has 0 aliphatic rings. The lowest BCUT2D eigenvalue weighted by Crippen LogP contribution is -2.48. The Morgan fingerprint density at radius 3 is 2.33 bits per heavy atom. The molecule has 0 radical (unpaired) electrons. The third-order valence-electron chi connectivity index (χ3n) is 3.50. The standard InChI is InChI=1S/C17H26N2O2/c1-7-14-10-8-9-12(2)16(14)18-15(21)11-19(13(3)20)17(4,5)6/h8-10H,7,11H2,1-6H3,(H,18,21). The Morgan fingerprint density at radius 1 is 1.24 bits per heavy atom. The Morgan fingerprint density at radius 2 is 1.86 bits per heavy atom. The number of aryl methyl sites for hydroxylation is 2. The van der Waals surface area contributed by atoms with Crippen molar-refractivity contribution in [2.24, 2.45) is 0 Å². The number of nitrogens with one attached hydrogen (secondary N) is 1. The van der Waals surface area contributed by atoms with Gasteiger partial charge in [0.05, 0.1) is 0 Å². The van der Waals surface area contributed by atoms with Gasteiger partial charge < -0.3 is 10.2 Å². The third-order valence-corrected chi connectivity index (χ3v) is 3.50. The van der Waals surface area contributed by atoms with Crippen molar-refractivity contribution in [2.45, 2.75) is 53.5 Å². The number of hydrogen-bond donors (Lipinski definition) is 1. The molecular formula is C17H26N2O2. The molecule has 0 atom stereocenters. The molecule has 0 saturated heterocycles. The Labute approximate surface area is 127 Å². The first-order chi connectivity index (χ1) is 9.66. The monoisotopic (exact) mass is 290 g/mol. The quantitative estimate of drug-likeness (QED) is 0.926. The molecule has 1 aromatic carbocycles. The Bertz CT molecular complexity index is 530. The van der Waals surface area contributed by atoms with Crippen molar-refractivity contribution in [3.63, 3.8) is 0 Å². The number of nitrogens with zero attached hydrogens (tertiary/aromatic N) is 1. The first kappa shape index (κ1) is 17.2. The summed E-state index contributed by atoms with van der Waals surface area (Å²) < 4.78 is 0. The summed E-state index contributed by atoms with van der Waals surface area (Å²) in [6, 6.07) is 5.97. The molecule has 0 spiro atoms. The van der Waals surface area contributed by atoms with Crippen molar-refractivity contribution in [1.29, 1.82) is 0 Å². The van der Waals surface area contributed by atoms with Crippen molar-refractivity contribution in [2.75, 3.05) is 11.9 Å². The Kier molecular flexibility index (Phi) is 5.53. The first-order valence-corrected chi connectivity index (χ1v) is 7.33. The van der Waals surface area contributed by atoms with Crippen LogP contribution in [0.25, 0.3) is 0 Å². The van der Waals surface area contributed by atoms with Crippen LogP contribution in [0.5, 0.6) is 0 Å². The van der Waals surface area contributed by atoms with E-state index in [1.165, 1.54) is 6.92 Å². The van der Waals surface area contributed by atoms with E-state index in [9.17, 15) is 9.59 Å². The van der Waals surface area contributed by atoms with Gasteiger partial charge in [-0.15, -0.1) is 0 Å². The second-order valence-electron chi connectivity index (χ2n) is 6.29. The molecule has 4 heteroatoms. The van der Waals surface area contributed by atoms with E-state index in [1.54, 1.807) is 4.90 Å². The highest BCUT2D eigenvalue weighted by atomic mass is 16.2. The van der Waals surface area contributed by atoms with Crippen molar-refractivity contribution in [3.8, 4) is 0 Å². The van der Waals surface area contributed by atoms with Gasteiger partial charge in [0.15, 0.2) is 0 Å². The van der Waals surface area contributed by atoms with Crippen molar-refractivity contribution in [1.82, 2.24) is 4.90 Å². The van der Waals surface area contributed by atoms with E-state index in [4.69, 9.17) is 0 Å². The maximum absolute atomic E-state index is 12.3. The average molecular weight is 290 g/mol. The molecule has 1 aromatic rings. The van der Waals surface area contributed by atoms with Crippen LogP contribution in [0, 0.1) is 6.92 Å². The minimum absolute atomic E-state index is 0.0658. The Hall–Kier alpha value is -1.84. The fourth-order valence-corrected chi connectivity index (χ4v) is 2.35. The number of carbonyl (C=O) groups is 2. The van der Waals surface area contributed by atoms with Gasteiger partial charge in [-0.25, -0.2) is 0 Å². The van der Waals surface area contributed by atoms with Gasteiger partial charge in [-0.05, 0) is 45.2 Å². The summed E-state index contributed by atoms with van der Waals surface area (Å²) in [5, 5.41) is 2.95. The molecule has 0 bridgehead atoms. The normalized spacial score (nSPS) is 11.1. The molecule has 116 valence electrons. The zero-order valence-corrected chi connectivity index (χ0v) is 13.9. The number of carbonyl (C=O) groups excluding carboxylic acids is 2. The van der Waals surface area contributed by atoms with E-state index >= 15 is 0 Å². The maximum Gasteiger partial charge on any atom is 0.244 e. The van der Waals surface area contributed by atoms with Crippen molar-refractivity contribution in [3.05, 3.63) is 29.3 Å². The van der Waals surface area contributed by atoms with Crippen LogP contribution in [-0.2, 0) is 16.0 Å². The van der Waals surface area contributed by atoms with E-state index in [0.29, 0.717) is 0 Å². The highest BCUT2D eigenvalue weighted by molar-refractivity contribution is 5.95. The number of benzene rings is 1. The summed E-state index contributed by atoms with van der Waals surface area (Å²) in [5.41, 5.74) is 2.63.